The lowest BCUT2D eigenvalue weighted by molar-refractivity contribution is -0.134. The number of anilines is 1. The lowest BCUT2D eigenvalue weighted by Gasteiger charge is -2.33. The van der Waals surface area contributed by atoms with Gasteiger partial charge < -0.3 is 10.2 Å². The Morgan fingerprint density at radius 1 is 1.14 bits per heavy atom. The van der Waals surface area contributed by atoms with Crippen molar-refractivity contribution in [1.29, 1.82) is 0 Å². The van der Waals surface area contributed by atoms with Crippen molar-refractivity contribution in [3.05, 3.63) is 23.9 Å². The summed E-state index contributed by atoms with van der Waals surface area (Å²) in [5.41, 5.74) is 3.01. The predicted molar refractivity (Wildman–Crippen MR) is 111 cm³/mol. The van der Waals surface area contributed by atoms with Crippen LogP contribution in [0.15, 0.2) is 18.2 Å². The molecule has 1 atom stereocenters. The van der Waals surface area contributed by atoms with Crippen molar-refractivity contribution in [2.75, 3.05) is 25.0 Å². The van der Waals surface area contributed by atoms with Gasteiger partial charge in [-0.2, -0.15) is 5.10 Å². The van der Waals surface area contributed by atoms with Crippen molar-refractivity contribution in [1.82, 2.24) is 20.4 Å². The quantitative estimate of drug-likeness (QED) is 0.793. The molecule has 4 rings (SSSR count). The summed E-state index contributed by atoms with van der Waals surface area (Å²) in [4.78, 5) is 26.2. The summed E-state index contributed by atoms with van der Waals surface area (Å²) in [6, 6.07) is 6.79. The average molecular weight is 386 g/mol. The molecule has 2 fully saturated rings. The molecule has 1 unspecified atom stereocenters. The van der Waals surface area contributed by atoms with Gasteiger partial charge in [-0.15, -0.1) is 0 Å². The number of carbonyl (C=O) groups excluding carboxylic acids is 2. The number of amides is 2. The van der Waals surface area contributed by atoms with Crippen molar-refractivity contribution in [3.8, 4) is 0 Å². The molecule has 3 heterocycles. The van der Waals surface area contributed by atoms with Gasteiger partial charge in [0.1, 0.15) is 0 Å². The minimum atomic E-state index is -0.360. The summed E-state index contributed by atoms with van der Waals surface area (Å²) in [7, 11) is 3.95. The van der Waals surface area contributed by atoms with Crippen molar-refractivity contribution in [2.24, 2.45) is 7.05 Å². The zero-order valence-electron chi connectivity index (χ0n) is 17.3. The monoisotopic (exact) mass is 385 g/mol. The fraction of sp³-hybridized carbons (Fsp3) is 0.571. The highest BCUT2D eigenvalue weighted by Crippen LogP contribution is 2.35. The highest BCUT2D eigenvalue weighted by atomic mass is 16.2. The number of hydrogen-bond donors (Lipinski definition) is 2. The SMILES string of the molecule is CC.CNC1CCN(c2cccc3c(C4CCC(=O)NC4=O)nn(C)c23)CC1. The third-order valence-electron chi connectivity index (χ3n) is 5.69. The lowest BCUT2D eigenvalue weighted by atomic mass is 9.92. The van der Waals surface area contributed by atoms with E-state index in [-0.39, 0.29) is 17.7 Å². The molecule has 0 radical (unpaired) electrons. The topological polar surface area (TPSA) is 79.3 Å². The Morgan fingerprint density at radius 3 is 2.50 bits per heavy atom. The molecule has 152 valence electrons. The Balaban J connectivity index is 0.00000109. The number of hydrogen-bond acceptors (Lipinski definition) is 5. The molecule has 1 aromatic heterocycles. The summed E-state index contributed by atoms with van der Waals surface area (Å²) in [5.74, 6) is -0.789. The third kappa shape index (κ3) is 3.76. The zero-order chi connectivity index (χ0) is 20.3. The molecule has 0 aliphatic carbocycles. The molecule has 0 spiro atoms. The number of para-hydroxylation sites is 1. The summed E-state index contributed by atoms with van der Waals surface area (Å²) in [6.07, 6.45) is 3.12. The number of piperidine rings is 2. The third-order valence-corrected chi connectivity index (χ3v) is 5.69. The molecule has 7 heteroatoms. The molecule has 0 bridgehead atoms. The van der Waals surface area contributed by atoms with Crippen molar-refractivity contribution < 1.29 is 9.59 Å². The van der Waals surface area contributed by atoms with Crippen LogP contribution in [0.3, 0.4) is 0 Å². The Labute approximate surface area is 166 Å². The van der Waals surface area contributed by atoms with E-state index in [1.54, 1.807) is 0 Å². The number of carbonyl (C=O) groups is 2. The largest absolute Gasteiger partial charge is 0.370 e. The minimum Gasteiger partial charge on any atom is -0.370 e. The molecule has 2 N–H and O–H groups in total. The fourth-order valence-corrected chi connectivity index (χ4v) is 4.22. The highest BCUT2D eigenvalue weighted by Gasteiger charge is 2.32. The maximum Gasteiger partial charge on any atom is 0.235 e. The van der Waals surface area contributed by atoms with Crippen LogP contribution in [0.1, 0.15) is 51.1 Å². The zero-order valence-corrected chi connectivity index (χ0v) is 17.3. The maximum absolute atomic E-state index is 12.3. The summed E-state index contributed by atoms with van der Waals surface area (Å²) in [5, 5.41) is 11.5. The number of aromatic nitrogens is 2. The number of imide groups is 1. The van der Waals surface area contributed by atoms with Crippen molar-refractivity contribution in [3.63, 3.8) is 0 Å². The lowest BCUT2D eigenvalue weighted by Crippen LogP contribution is -2.41. The van der Waals surface area contributed by atoms with Crippen LogP contribution in [-0.4, -0.2) is 47.8 Å². The van der Waals surface area contributed by atoms with Gasteiger partial charge in [-0.3, -0.25) is 19.6 Å². The van der Waals surface area contributed by atoms with E-state index in [0.29, 0.717) is 18.9 Å². The molecule has 2 saturated heterocycles. The smallest absolute Gasteiger partial charge is 0.235 e. The molecule has 2 aliphatic heterocycles. The van der Waals surface area contributed by atoms with Crippen LogP contribution < -0.4 is 15.5 Å². The van der Waals surface area contributed by atoms with Gasteiger partial charge in [-0.25, -0.2) is 0 Å². The summed E-state index contributed by atoms with van der Waals surface area (Å²) < 4.78 is 1.88. The highest BCUT2D eigenvalue weighted by molar-refractivity contribution is 6.03. The van der Waals surface area contributed by atoms with Crippen LogP contribution in [-0.2, 0) is 16.6 Å². The first kappa shape index (κ1) is 20.3. The summed E-state index contributed by atoms with van der Waals surface area (Å²) in [6.45, 7) is 6.01. The van der Waals surface area contributed by atoms with Crippen LogP contribution in [0, 0.1) is 0 Å². The van der Waals surface area contributed by atoms with Crippen LogP contribution in [0.5, 0.6) is 0 Å². The number of nitrogens with zero attached hydrogens (tertiary/aromatic N) is 3. The fourth-order valence-electron chi connectivity index (χ4n) is 4.22. The second-order valence-corrected chi connectivity index (χ2v) is 7.24. The summed E-state index contributed by atoms with van der Waals surface area (Å²) >= 11 is 0. The van der Waals surface area contributed by atoms with E-state index in [4.69, 9.17) is 0 Å². The van der Waals surface area contributed by atoms with Crippen LogP contribution in [0.25, 0.3) is 10.9 Å². The Hall–Kier alpha value is -2.41. The predicted octanol–water partition coefficient (Wildman–Crippen LogP) is 2.31. The molecule has 0 saturated carbocycles. The Kier molecular flexibility index (Phi) is 6.34. The second-order valence-electron chi connectivity index (χ2n) is 7.24. The van der Waals surface area contributed by atoms with E-state index in [0.717, 1.165) is 42.5 Å². The van der Waals surface area contributed by atoms with E-state index in [2.05, 4.69) is 26.7 Å². The van der Waals surface area contributed by atoms with Crippen molar-refractivity contribution >= 4 is 28.4 Å². The van der Waals surface area contributed by atoms with E-state index in [1.165, 1.54) is 5.69 Å². The number of aryl methyl sites for hydroxylation is 1. The number of rotatable bonds is 3. The molecule has 7 nitrogen and oxygen atoms in total. The molecular formula is C21H31N5O2. The molecule has 2 aromatic rings. The van der Waals surface area contributed by atoms with Gasteiger partial charge in [-0.05, 0) is 32.4 Å². The first-order valence-corrected chi connectivity index (χ1v) is 10.3. The average Bonchev–Trinajstić information content (AvgIpc) is 3.06. The van der Waals surface area contributed by atoms with Gasteiger partial charge in [0, 0.05) is 38.0 Å². The molecule has 1 aromatic carbocycles. The van der Waals surface area contributed by atoms with Gasteiger partial charge in [0.25, 0.3) is 0 Å². The van der Waals surface area contributed by atoms with Gasteiger partial charge in [0.05, 0.1) is 22.8 Å². The Bertz CT molecular complexity index is 852. The number of benzene rings is 1. The van der Waals surface area contributed by atoms with E-state index in [1.807, 2.05) is 44.8 Å². The standard InChI is InChI=1S/C19H25N5O2.C2H6/c1-20-12-8-10-24(11-9-12)15-5-3-4-13-17(22-23(2)18(13)15)14-6-7-16(25)21-19(14)26;1-2/h3-5,12,14,20H,6-11H2,1-2H3,(H,21,25,26);1-2H3. The molecule has 2 aliphatic rings. The normalized spacial score (nSPS) is 20.7. The minimum absolute atomic E-state index is 0.195. The van der Waals surface area contributed by atoms with E-state index < -0.39 is 0 Å². The number of nitrogens with one attached hydrogen (secondary N) is 2. The van der Waals surface area contributed by atoms with Gasteiger partial charge in [0.2, 0.25) is 11.8 Å². The van der Waals surface area contributed by atoms with Crippen molar-refractivity contribution in [2.45, 2.75) is 51.5 Å². The van der Waals surface area contributed by atoms with E-state index in [9.17, 15) is 9.59 Å². The number of fused-ring (bicyclic) bond motifs is 1. The van der Waals surface area contributed by atoms with Gasteiger partial charge >= 0.3 is 0 Å². The Morgan fingerprint density at radius 2 is 1.86 bits per heavy atom. The molecular weight excluding hydrogens is 354 g/mol. The van der Waals surface area contributed by atoms with Crippen LogP contribution in [0.4, 0.5) is 5.69 Å². The van der Waals surface area contributed by atoms with Crippen LogP contribution >= 0.6 is 0 Å². The molecule has 28 heavy (non-hydrogen) atoms. The van der Waals surface area contributed by atoms with Crippen LogP contribution in [0.2, 0.25) is 0 Å². The van der Waals surface area contributed by atoms with E-state index >= 15 is 0 Å². The second kappa shape index (κ2) is 8.73. The molecule has 2 amide bonds. The maximum atomic E-state index is 12.3. The first-order chi connectivity index (χ1) is 13.6. The van der Waals surface area contributed by atoms with Gasteiger partial charge in [-0.1, -0.05) is 26.0 Å². The van der Waals surface area contributed by atoms with Gasteiger partial charge in [0.15, 0.2) is 0 Å². The first-order valence-electron chi connectivity index (χ1n) is 10.3.